The van der Waals surface area contributed by atoms with Gasteiger partial charge in [-0.25, -0.2) is 0 Å². The lowest BCUT2D eigenvalue weighted by Gasteiger charge is -2.54. The minimum absolute atomic E-state index is 0.437. The normalized spacial score (nSPS) is 14.6. The molecule has 128 valence electrons. The van der Waals surface area contributed by atoms with Crippen molar-refractivity contribution in [2.45, 2.75) is 123 Å². The van der Waals surface area contributed by atoms with Gasteiger partial charge in [-0.3, -0.25) is 0 Å². The average molecular weight is 316 g/mol. The molecule has 0 aromatic heterocycles. The van der Waals surface area contributed by atoms with Crippen molar-refractivity contribution in [3.8, 4) is 0 Å². The Balaban J connectivity index is 5.08. The Hall–Kier alpha value is 0.430. The third-order valence-corrected chi connectivity index (χ3v) is 13.1. The van der Waals surface area contributed by atoms with Crippen molar-refractivity contribution >= 4 is 7.26 Å². The van der Waals surface area contributed by atoms with Gasteiger partial charge in [0.2, 0.25) is 0 Å². The second kappa shape index (κ2) is 7.81. The van der Waals surface area contributed by atoms with Crippen LogP contribution in [0.15, 0.2) is 0 Å². The van der Waals surface area contributed by atoms with E-state index in [1.165, 1.54) is 44.7 Å². The van der Waals surface area contributed by atoms with Crippen LogP contribution >= 0.6 is 7.26 Å². The summed E-state index contributed by atoms with van der Waals surface area (Å²) in [6.07, 6.45) is 9.97. The molecule has 0 amide bonds. The van der Waals surface area contributed by atoms with Crippen LogP contribution in [0, 0.1) is 0 Å². The summed E-state index contributed by atoms with van der Waals surface area (Å²) in [5.41, 5.74) is 0. The number of hydrogen-bond acceptors (Lipinski definition) is 0. The maximum Gasteiger partial charge on any atom is 0.0725 e. The van der Waals surface area contributed by atoms with E-state index in [-0.39, 0.29) is 0 Å². The van der Waals surface area contributed by atoms with Gasteiger partial charge < -0.3 is 0 Å². The van der Waals surface area contributed by atoms with Crippen molar-refractivity contribution in [3.63, 3.8) is 0 Å². The standard InChI is InChI=1S/C20H44P/c1-11-12-13-14-15-16-17-21(18(2,3)4,19(5,6)7)20(8,9)10/h11-17H2,1-10H3/q+1. The molecule has 1 heteroatoms. The topological polar surface area (TPSA) is 0 Å². The Morgan fingerprint density at radius 2 is 0.857 bits per heavy atom. The van der Waals surface area contributed by atoms with Crippen LogP contribution < -0.4 is 0 Å². The fraction of sp³-hybridized carbons (Fsp3) is 1.00. The summed E-state index contributed by atoms with van der Waals surface area (Å²) in [6, 6.07) is 0. The van der Waals surface area contributed by atoms with Crippen LogP contribution in [-0.2, 0) is 0 Å². The highest BCUT2D eigenvalue weighted by Gasteiger charge is 2.63. The SMILES string of the molecule is CCCCCCCC[P+](C(C)(C)C)(C(C)(C)C)C(C)(C)C. The summed E-state index contributed by atoms with van der Waals surface area (Å²) in [5.74, 6) is 0. The van der Waals surface area contributed by atoms with Crippen molar-refractivity contribution in [3.05, 3.63) is 0 Å². The van der Waals surface area contributed by atoms with E-state index in [4.69, 9.17) is 0 Å². The first kappa shape index (κ1) is 21.4. The van der Waals surface area contributed by atoms with E-state index >= 15 is 0 Å². The molecule has 0 saturated carbocycles. The molecular weight excluding hydrogens is 271 g/mol. The molecule has 21 heavy (non-hydrogen) atoms. The molecule has 0 aromatic carbocycles. The van der Waals surface area contributed by atoms with E-state index in [1.54, 1.807) is 0 Å². The van der Waals surface area contributed by atoms with Gasteiger partial charge in [-0.05, 0) is 75.2 Å². The van der Waals surface area contributed by atoms with Crippen LogP contribution in [0.3, 0.4) is 0 Å². The van der Waals surface area contributed by atoms with Gasteiger partial charge >= 0.3 is 0 Å². The third-order valence-electron chi connectivity index (χ3n) is 5.28. The molecule has 0 aliphatic rings. The second-order valence-corrected chi connectivity index (χ2v) is 15.9. The maximum atomic E-state index is 2.51. The van der Waals surface area contributed by atoms with Gasteiger partial charge in [0, 0.05) is 7.26 Å². The van der Waals surface area contributed by atoms with E-state index < -0.39 is 7.26 Å². The maximum absolute atomic E-state index is 2.51. The summed E-state index contributed by atoms with van der Waals surface area (Å²) < 4.78 is 0. The summed E-state index contributed by atoms with van der Waals surface area (Å²) in [6.45, 7) is 24.9. The molecule has 0 N–H and O–H groups in total. The molecular formula is C20H44P+. The fourth-order valence-corrected chi connectivity index (χ4v) is 13.9. The predicted octanol–water partition coefficient (Wildman–Crippen LogP) is 7.76. The lowest BCUT2D eigenvalue weighted by Crippen LogP contribution is -2.45. The van der Waals surface area contributed by atoms with Gasteiger partial charge in [-0.15, -0.1) is 0 Å². The zero-order chi connectivity index (χ0) is 16.9. The monoisotopic (exact) mass is 315 g/mol. The Morgan fingerprint density at radius 3 is 1.19 bits per heavy atom. The smallest absolute Gasteiger partial charge is 0.0654 e. The molecule has 0 saturated heterocycles. The molecule has 0 aliphatic carbocycles. The second-order valence-electron chi connectivity index (χ2n) is 9.81. The van der Waals surface area contributed by atoms with Gasteiger partial charge in [-0.1, -0.05) is 32.6 Å². The summed E-state index contributed by atoms with van der Waals surface area (Å²) in [7, 11) is -1.10. The number of hydrogen-bond donors (Lipinski definition) is 0. The van der Waals surface area contributed by atoms with Crippen molar-refractivity contribution in [2.24, 2.45) is 0 Å². The molecule has 0 radical (unpaired) electrons. The summed E-state index contributed by atoms with van der Waals surface area (Å²) in [4.78, 5) is 0. The van der Waals surface area contributed by atoms with Crippen molar-refractivity contribution in [1.29, 1.82) is 0 Å². The highest BCUT2D eigenvalue weighted by atomic mass is 31.2. The minimum Gasteiger partial charge on any atom is -0.0654 e. The van der Waals surface area contributed by atoms with Crippen LogP contribution in [0.4, 0.5) is 0 Å². The van der Waals surface area contributed by atoms with E-state index in [9.17, 15) is 0 Å². The molecule has 0 fully saturated rings. The molecule has 0 heterocycles. The van der Waals surface area contributed by atoms with E-state index in [0.29, 0.717) is 15.5 Å². The Morgan fingerprint density at radius 1 is 0.524 bits per heavy atom. The first-order valence-electron chi connectivity index (χ1n) is 9.19. The molecule has 0 rings (SSSR count). The Kier molecular flexibility index (Phi) is 7.97. The predicted molar refractivity (Wildman–Crippen MR) is 104 cm³/mol. The number of unbranched alkanes of at least 4 members (excludes halogenated alkanes) is 5. The third kappa shape index (κ3) is 5.23. The van der Waals surface area contributed by atoms with Crippen molar-refractivity contribution < 1.29 is 0 Å². The zero-order valence-electron chi connectivity index (χ0n) is 16.9. The summed E-state index contributed by atoms with van der Waals surface area (Å²) >= 11 is 0. The molecule has 0 aliphatic heterocycles. The quantitative estimate of drug-likeness (QED) is 0.332. The lowest BCUT2D eigenvalue weighted by molar-refractivity contribution is 0.591. The van der Waals surface area contributed by atoms with Crippen LogP contribution in [0.25, 0.3) is 0 Å². The Bertz CT molecular complexity index is 246. The first-order valence-corrected chi connectivity index (χ1v) is 11.2. The lowest BCUT2D eigenvalue weighted by atomic mass is 10.1. The fourth-order valence-electron chi connectivity index (χ4n) is 5.15. The van der Waals surface area contributed by atoms with Crippen LogP contribution in [0.2, 0.25) is 0 Å². The van der Waals surface area contributed by atoms with Gasteiger partial charge in [0.1, 0.15) is 0 Å². The first-order chi connectivity index (χ1) is 9.31. The van der Waals surface area contributed by atoms with E-state index in [1.807, 2.05) is 0 Å². The van der Waals surface area contributed by atoms with Gasteiger partial charge in [0.15, 0.2) is 0 Å². The molecule has 0 aromatic rings. The van der Waals surface area contributed by atoms with Crippen LogP contribution in [-0.4, -0.2) is 21.6 Å². The van der Waals surface area contributed by atoms with Crippen LogP contribution in [0.5, 0.6) is 0 Å². The number of rotatable bonds is 7. The van der Waals surface area contributed by atoms with Gasteiger partial charge in [0.25, 0.3) is 0 Å². The van der Waals surface area contributed by atoms with Gasteiger partial charge in [-0.2, -0.15) is 0 Å². The van der Waals surface area contributed by atoms with E-state index in [2.05, 4.69) is 69.2 Å². The largest absolute Gasteiger partial charge is 0.0725 e. The van der Waals surface area contributed by atoms with Gasteiger partial charge in [0.05, 0.1) is 21.6 Å². The van der Waals surface area contributed by atoms with E-state index in [0.717, 1.165) is 0 Å². The van der Waals surface area contributed by atoms with Crippen molar-refractivity contribution in [1.82, 2.24) is 0 Å². The molecule has 0 bridgehead atoms. The molecule has 0 unspecified atom stereocenters. The van der Waals surface area contributed by atoms with Crippen LogP contribution in [0.1, 0.15) is 108 Å². The molecule has 0 nitrogen and oxygen atoms in total. The average Bonchev–Trinajstić information content (AvgIpc) is 2.22. The zero-order valence-corrected chi connectivity index (χ0v) is 17.8. The Labute approximate surface area is 137 Å². The van der Waals surface area contributed by atoms with Crippen molar-refractivity contribution in [2.75, 3.05) is 6.16 Å². The highest BCUT2D eigenvalue weighted by Crippen LogP contribution is 2.83. The molecule has 0 atom stereocenters. The highest BCUT2D eigenvalue weighted by molar-refractivity contribution is 7.80. The molecule has 0 spiro atoms. The summed E-state index contributed by atoms with van der Waals surface area (Å²) in [5, 5.41) is 1.31. The minimum atomic E-state index is -1.10.